The number of nitrogens with zero attached hydrogens (tertiary/aromatic N) is 1. The number of rotatable bonds is 1. The summed E-state index contributed by atoms with van der Waals surface area (Å²) < 4.78 is 24.4. The number of carbonyl (C=O) groups is 2. The van der Waals surface area contributed by atoms with Crippen molar-refractivity contribution in [2.75, 3.05) is 26.9 Å². The number of allylic oxidation sites excluding steroid dienone is 1. The molecule has 2 bridgehead atoms. The summed E-state index contributed by atoms with van der Waals surface area (Å²) >= 11 is 0. The normalized spacial score (nSPS) is 20.9. The molecular weight excluding hydrogens is 410 g/mol. The topological polar surface area (TPSA) is 74.1 Å². The number of hydrogen-bond acceptors (Lipinski definition) is 6. The highest BCUT2D eigenvalue weighted by Gasteiger charge is 2.37. The molecule has 174 valence electrons. The zero-order valence-electron chi connectivity index (χ0n) is 19.5. The Kier molecular flexibility index (Phi) is 8.07. The molecule has 0 saturated carbocycles. The molecule has 1 atom stereocenters. The second-order valence-electron chi connectivity index (χ2n) is 9.04. The van der Waals surface area contributed by atoms with Crippen molar-refractivity contribution in [1.82, 2.24) is 0 Å². The standard InChI is InChI=1S/C25H34NO6/c1-25(2,3)32-24(28)26-13-12-19-17-21(26)20-11-10-18(23(27)29-4)16-22(20)31-15-9-7-5-6-8-14-30-19/h6,8,10-11,16,19H,5,7,9,12-15,17H2,1-4H3/q+1/b8-6-/t19-/m0/s1. The third-order valence-electron chi connectivity index (χ3n) is 5.37. The van der Waals surface area contributed by atoms with Gasteiger partial charge in [-0.15, -0.1) is 4.58 Å². The fourth-order valence-corrected chi connectivity index (χ4v) is 3.80. The Morgan fingerprint density at radius 2 is 1.97 bits per heavy atom. The summed E-state index contributed by atoms with van der Waals surface area (Å²) in [5.41, 5.74) is 1.35. The second-order valence-corrected chi connectivity index (χ2v) is 9.04. The largest absolute Gasteiger partial charge is 0.597 e. The minimum absolute atomic E-state index is 0.0237. The zero-order valence-corrected chi connectivity index (χ0v) is 19.5. The molecule has 1 aromatic rings. The quantitative estimate of drug-likeness (QED) is 0.361. The molecule has 2 aliphatic rings. The van der Waals surface area contributed by atoms with Gasteiger partial charge in [0, 0.05) is 6.42 Å². The van der Waals surface area contributed by atoms with Crippen LogP contribution in [0.15, 0.2) is 30.4 Å². The maximum Gasteiger partial charge on any atom is 0.597 e. The Balaban J connectivity index is 2.06. The zero-order chi connectivity index (χ0) is 23.1. The van der Waals surface area contributed by atoms with Crippen molar-refractivity contribution in [1.29, 1.82) is 0 Å². The van der Waals surface area contributed by atoms with E-state index in [9.17, 15) is 9.59 Å². The number of methoxy groups -OCH3 is 1. The molecule has 32 heavy (non-hydrogen) atoms. The van der Waals surface area contributed by atoms with Crippen LogP contribution in [-0.4, -0.2) is 60.9 Å². The lowest BCUT2D eigenvalue weighted by Gasteiger charge is -2.24. The van der Waals surface area contributed by atoms with Crippen LogP contribution in [0.1, 0.15) is 68.8 Å². The molecule has 0 saturated heterocycles. The lowest BCUT2D eigenvalue weighted by molar-refractivity contribution is -0.459. The number of fused-ring (bicyclic) bond motifs is 4. The highest BCUT2D eigenvalue weighted by Crippen LogP contribution is 2.28. The van der Waals surface area contributed by atoms with Crippen LogP contribution >= 0.6 is 0 Å². The average molecular weight is 445 g/mol. The highest BCUT2D eigenvalue weighted by molar-refractivity contribution is 6.03. The summed E-state index contributed by atoms with van der Waals surface area (Å²) in [6, 6.07) is 5.21. The maximum atomic E-state index is 13.0. The van der Waals surface area contributed by atoms with E-state index in [0.29, 0.717) is 43.9 Å². The molecule has 0 unspecified atom stereocenters. The van der Waals surface area contributed by atoms with Crippen molar-refractivity contribution in [2.45, 2.75) is 64.6 Å². The SMILES string of the molecule is COC(=O)c1ccc2c(c1)OCCCC/C=C\CO[C@H]1CC[N+](C(=O)OC(C)(C)C)=C2C1. The molecule has 0 aliphatic carbocycles. The molecule has 2 heterocycles. The Bertz CT molecular complexity index is 896. The number of benzene rings is 1. The molecule has 0 spiro atoms. The first-order valence-corrected chi connectivity index (χ1v) is 11.3. The van der Waals surface area contributed by atoms with Gasteiger partial charge in [0.15, 0.2) is 6.54 Å². The van der Waals surface area contributed by atoms with Crippen LogP contribution in [0.4, 0.5) is 4.79 Å². The number of ether oxygens (including phenoxy) is 4. The number of hydrogen-bond donors (Lipinski definition) is 0. The van der Waals surface area contributed by atoms with Gasteiger partial charge in [0.05, 0.1) is 44.0 Å². The van der Waals surface area contributed by atoms with Crippen LogP contribution < -0.4 is 4.74 Å². The van der Waals surface area contributed by atoms with E-state index in [0.717, 1.165) is 30.5 Å². The first kappa shape index (κ1) is 24.0. The van der Waals surface area contributed by atoms with E-state index in [4.69, 9.17) is 18.9 Å². The summed E-state index contributed by atoms with van der Waals surface area (Å²) in [4.78, 5) is 25.1. The fourth-order valence-electron chi connectivity index (χ4n) is 3.80. The molecule has 7 nitrogen and oxygen atoms in total. The summed E-state index contributed by atoms with van der Waals surface area (Å²) in [5, 5.41) is 0. The summed E-state index contributed by atoms with van der Waals surface area (Å²) in [6.45, 7) is 7.11. The third-order valence-corrected chi connectivity index (χ3v) is 5.37. The monoisotopic (exact) mass is 444 g/mol. The van der Waals surface area contributed by atoms with Gasteiger partial charge in [0.1, 0.15) is 11.4 Å². The van der Waals surface area contributed by atoms with Gasteiger partial charge in [-0.3, -0.25) is 0 Å². The first-order valence-electron chi connectivity index (χ1n) is 11.3. The predicted octanol–water partition coefficient (Wildman–Crippen LogP) is 4.51. The van der Waals surface area contributed by atoms with Crippen LogP contribution in [0, 0.1) is 0 Å². The molecule has 3 rings (SSSR count). The van der Waals surface area contributed by atoms with Crippen LogP contribution in [0.3, 0.4) is 0 Å². The van der Waals surface area contributed by atoms with E-state index in [1.165, 1.54) is 7.11 Å². The first-order chi connectivity index (χ1) is 15.3. The molecule has 0 aromatic heterocycles. The molecule has 1 aromatic carbocycles. The van der Waals surface area contributed by atoms with Gasteiger partial charge in [-0.25, -0.2) is 4.79 Å². The Labute approximate surface area is 190 Å². The summed E-state index contributed by atoms with van der Waals surface area (Å²) in [6.07, 6.45) is 7.87. The molecule has 7 heteroatoms. The van der Waals surface area contributed by atoms with Crippen LogP contribution in [0.5, 0.6) is 5.75 Å². The van der Waals surface area contributed by atoms with Crippen molar-refractivity contribution >= 4 is 17.8 Å². The van der Waals surface area contributed by atoms with E-state index in [-0.39, 0.29) is 6.10 Å². The fraction of sp³-hybridized carbons (Fsp3) is 0.560. The van der Waals surface area contributed by atoms with Gasteiger partial charge in [0.2, 0.25) is 5.71 Å². The lowest BCUT2D eigenvalue weighted by Crippen LogP contribution is -2.41. The smallest absolute Gasteiger partial charge is 0.493 e. The van der Waals surface area contributed by atoms with Crippen molar-refractivity contribution in [2.24, 2.45) is 0 Å². The number of esters is 1. The maximum absolute atomic E-state index is 13.0. The third kappa shape index (κ3) is 6.42. The minimum Gasteiger partial charge on any atom is -0.493 e. The van der Waals surface area contributed by atoms with Crippen LogP contribution in [0.2, 0.25) is 0 Å². The van der Waals surface area contributed by atoms with Gasteiger partial charge in [0.25, 0.3) is 0 Å². The highest BCUT2D eigenvalue weighted by atomic mass is 16.6. The molecule has 1 amide bonds. The Morgan fingerprint density at radius 3 is 2.72 bits per heavy atom. The average Bonchev–Trinajstić information content (AvgIpc) is 2.75. The molecule has 2 aliphatic heterocycles. The minimum atomic E-state index is -0.606. The van der Waals surface area contributed by atoms with Gasteiger partial charge in [-0.05, 0) is 58.2 Å². The molecule has 0 fully saturated rings. The van der Waals surface area contributed by atoms with Crippen molar-refractivity contribution in [3.8, 4) is 5.75 Å². The second kappa shape index (κ2) is 10.8. The van der Waals surface area contributed by atoms with E-state index in [1.54, 1.807) is 16.7 Å². The van der Waals surface area contributed by atoms with Crippen molar-refractivity contribution in [3.63, 3.8) is 0 Å². The van der Waals surface area contributed by atoms with Gasteiger partial charge < -0.3 is 18.9 Å². The number of carbonyl (C=O) groups excluding carboxylic acids is 2. The number of amides is 1. The van der Waals surface area contributed by atoms with E-state index in [1.807, 2.05) is 26.8 Å². The van der Waals surface area contributed by atoms with E-state index < -0.39 is 17.7 Å². The summed E-state index contributed by atoms with van der Waals surface area (Å²) in [7, 11) is 1.35. The van der Waals surface area contributed by atoms with Gasteiger partial charge in [-0.1, -0.05) is 12.2 Å². The van der Waals surface area contributed by atoms with E-state index >= 15 is 0 Å². The van der Waals surface area contributed by atoms with E-state index in [2.05, 4.69) is 12.2 Å². The van der Waals surface area contributed by atoms with Gasteiger partial charge >= 0.3 is 12.1 Å². The summed E-state index contributed by atoms with van der Waals surface area (Å²) in [5.74, 6) is 0.129. The Morgan fingerprint density at radius 1 is 1.16 bits per heavy atom. The van der Waals surface area contributed by atoms with Crippen LogP contribution in [0.25, 0.3) is 0 Å². The van der Waals surface area contributed by atoms with Crippen LogP contribution in [-0.2, 0) is 14.2 Å². The molecule has 0 N–H and O–H groups in total. The van der Waals surface area contributed by atoms with Gasteiger partial charge in [-0.2, -0.15) is 4.79 Å². The molecule has 0 radical (unpaired) electrons. The Hall–Kier alpha value is -2.67. The van der Waals surface area contributed by atoms with Crippen molar-refractivity contribution < 1.29 is 33.1 Å². The van der Waals surface area contributed by atoms with Crippen molar-refractivity contribution in [3.05, 3.63) is 41.5 Å². The molecular formula is C25H34NO6+. The predicted molar refractivity (Wildman–Crippen MR) is 121 cm³/mol. The lowest BCUT2D eigenvalue weighted by atomic mass is 9.96.